The van der Waals surface area contributed by atoms with Crippen LogP contribution in [0.3, 0.4) is 0 Å². The van der Waals surface area contributed by atoms with Gasteiger partial charge in [0.05, 0.1) is 18.6 Å². The van der Waals surface area contributed by atoms with E-state index in [1.54, 1.807) is 4.90 Å². The average molecular weight is 510 g/mol. The van der Waals surface area contributed by atoms with E-state index in [-0.39, 0.29) is 55.2 Å². The van der Waals surface area contributed by atoms with Gasteiger partial charge in [0.15, 0.2) is 5.96 Å². The molecule has 6 N–H and O–H groups in total. The zero-order valence-corrected chi connectivity index (χ0v) is 21.1. The number of halogens is 2. The lowest BCUT2D eigenvalue weighted by molar-refractivity contribution is -0.138. The summed E-state index contributed by atoms with van der Waals surface area (Å²) in [5, 5.41) is 6.04. The highest BCUT2D eigenvalue weighted by Crippen LogP contribution is 2.26. The summed E-state index contributed by atoms with van der Waals surface area (Å²) < 4.78 is 0. The first-order chi connectivity index (χ1) is 15.0. The summed E-state index contributed by atoms with van der Waals surface area (Å²) in [5.74, 6) is 0.340. The number of amides is 2. The third kappa shape index (κ3) is 12.5. The Balaban J connectivity index is 0.00000512. The Bertz CT molecular complexity index is 607. The molecule has 2 atom stereocenters. The van der Waals surface area contributed by atoms with Crippen molar-refractivity contribution in [2.24, 2.45) is 22.4 Å². The molecule has 2 fully saturated rings. The fourth-order valence-electron chi connectivity index (χ4n) is 4.48. The Labute approximate surface area is 210 Å². The van der Waals surface area contributed by atoms with Gasteiger partial charge in [-0.15, -0.1) is 24.8 Å². The number of rotatable bonds is 12. The van der Waals surface area contributed by atoms with Crippen LogP contribution in [0.25, 0.3) is 0 Å². The Morgan fingerprint density at radius 1 is 1.09 bits per heavy atom. The molecule has 0 aromatic rings. The second-order valence-electron chi connectivity index (χ2n) is 8.81. The first-order valence-electron chi connectivity index (χ1n) is 11.8. The molecule has 0 bridgehead atoms. The first kappa shape index (κ1) is 31.4. The normalized spacial score (nSPS) is 19.2. The topological polar surface area (TPSA) is 143 Å². The molecule has 2 rings (SSSR count). The Hall–Kier alpha value is -1.58. The van der Waals surface area contributed by atoms with E-state index in [1.807, 2.05) is 0 Å². The quantitative estimate of drug-likeness (QED) is 0.136. The van der Waals surface area contributed by atoms with Gasteiger partial charge in [-0.2, -0.15) is 0 Å². The lowest BCUT2D eigenvalue weighted by Crippen LogP contribution is -2.52. The largest absolute Gasteiger partial charge is 0.370 e. The van der Waals surface area contributed by atoms with Crippen molar-refractivity contribution in [2.75, 3.05) is 26.2 Å². The molecule has 1 aliphatic heterocycles. The molecule has 2 amide bonds. The van der Waals surface area contributed by atoms with Crippen LogP contribution in [-0.2, 0) is 14.4 Å². The van der Waals surface area contributed by atoms with Gasteiger partial charge >= 0.3 is 0 Å². The fourth-order valence-corrected chi connectivity index (χ4v) is 4.48. The zero-order valence-electron chi connectivity index (χ0n) is 19.5. The molecular formula is C22H42Cl2N6O3. The predicted molar refractivity (Wildman–Crippen MR) is 136 cm³/mol. The number of aliphatic imine (C=N–C) groups is 1. The fraction of sp³-hybridized carbons (Fsp3) is 0.818. The maximum Gasteiger partial charge on any atom is 0.240 e. The van der Waals surface area contributed by atoms with Gasteiger partial charge in [-0.1, -0.05) is 38.5 Å². The summed E-state index contributed by atoms with van der Waals surface area (Å²) in [7, 11) is 0. The van der Waals surface area contributed by atoms with Crippen LogP contribution in [0.15, 0.2) is 4.99 Å². The van der Waals surface area contributed by atoms with Crippen molar-refractivity contribution >= 4 is 48.9 Å². The molecule has 0 aromatic heterocycles. The van der Waals surface area contributed by atoms with E-state index < -0.39 is 6.04 Å². The van der Waals surface area contributed by atoms with Crippen molar-refractivity contribution in [3.05, 3.63) is 0 Å². The number of hydrogen-bond donors (Lipinski definition) is 4. The average Bonchev–Trinajstić information content (AvgIpc) is 2.79. The number of carbonyl (C=O) groups excluding carboxylic acids is 3. The number of piperidine rings is 1. The van der Waals surface area contributed by atoms with Gasteiger partial charge in [0.2, 0.25) is 11.8 Å². The van der Waals surface area contributed by atoms with Gasteiger partial charge in [-0.25, -0.2) is 0 Å². The van der Waals surface area contributed by atoms with Gasteiger partial charge < -0.3 is 31.8 Å². The standard InChI is InChI=1S/C22H40N6O3.2ClH/c23-22(24)26-13-6-9-18(16-29)27-20(30)15-28(14-11-17-7-2-1-3-8-17)21(31)19-10-4-5-12-25-19;;/h16-19,25H,1-15H2,(H,27,30)(H4,23,24,26);2*1H/t18-,19+;;/m0../s1. The van der Waals surface area contributed by atoms with Gasteiger partial charge in [-0.3, -0.25) is 14.6 Å². The van der Waals surface area contributed by atoms with E-state index in [0.717, 1.165) is 38.5 Å². The van der Waals surface area contributed by atoms with Gasteiger partial charge in [0, 0.05) is 13.1 Å². The van der Waals surface area contributed by atoms with Crippen molar-refractivity contribution in [2.45, 2.75) is 82.7 Å². The molecule has 1 heterocycles. The van der Waals surface area contributed by atoms with Crippen LogP contribution in [0.5, 0.6) is 0 Å². The highest BCUT2D eigenvalue weighted by atomic mass is 35.5. The van der Waals surface area contributed by atoms with Crippen LogP contribution in [0.4, 0.5) is 0 Å². The third-order valence-corrected chi connectivity index (χ3v) is 6.26. The SMILES string of the molecule is Cl.Cl.NC(N)=NCCC[C@@H](C=O)NC(=O)CN(CCC1CCCCC1)C(=O)[C@H]1CCCCN1. The molecule has 0 aromatic carbocycles. The van der Waals surface area contributed by atoms with E-state index in [1.165, 1.54) is 32.1 Å². The minimum absolute atomic E-state index is 0. The summed E-state index contributed by atoms with van der Waals surface area (Å²) >= 11 is 0. The van der Waals surface area contributed by atoms with Crippen LogP contribution in [0, 0.1) is 5.92 Å². The maximum absolute atomic E-state index is 13.1. The van der Waals surface area contributed by atoms with Gasteiger partial charge in [-0.05, 0) is 44.6 Å². The summed E-state index contributed by atoms with van der Waals surface area (Å²) in [6.45, 7) is 1.82. The lowest BCUT2D eigenvalue weighted by atomic mass is 9.87. The number of nitrogens with zero attached hydrogens (tertiary/aromatic N) is 2. The van der Waals surface area contributed by atoms with Crippen LogP contribution in [0.1, 0.15) is 70.6 Å². The highest BCUT2D eigenvalue weighted by Gasteiger charge is 2.28. The summed E-state index contributed by atoms with van der Waals surface area (Å²) in [4.78, 5) is 42.7. The van der Waals surface area contributed by atoms with Gasteiger partial charge in [0.1, 0.15) is 6.29 Å². The first-order valence-corrected chi connectivity index (χ1v) is 11.8. The maximum atomic E-state index is 13.1. The molecular weight excluding hydrogens is 467 g/mol. The monoisotopic (exact) mass is 508 g/mol. The Morgan fingerprint density at radius 2 is 1.79 bits per heavy atom. The molecule has 11 heteroatoms. The number of aldehydes is 1. The van der Waals surface area contributed by atoms with Crippen molar-refractivity contribution in [1.82, 2.24) is 15.5 Å². The van der Waals surface area contributed by atoms with E-state index >= 15 is 0 Å². The molecule has 9 nitrogen and oxygen atoms in total. The molecule has 0 spiro atoms. The molecule has 1 saturated carbocycles. The minimum atomic E-state index is -0.607. The summed E-state index contributed by atoms with van der Waals surface area (Å²) in [5.41, 5.74) is 10.6. The molecule has 1 saturated heterocycles. The van der Waals surface area contributed by atoms with E-state index in [4.69, 9.17) is 11.5 Å². The zero-order chi connectivity index (χ0) is 22.5. The van der Waals surface area contributed by atoms with E-state index in [2.05, 4.69) is 15.6 Å². The summed E-state index contributed by atoms with van der Waals surface area (Å²) in [6, 6.07) is -0.820. The molecule has 192 valence electrons. The Morgan fingerprint density at radius 3 is 2.39 bits per heavy atom. The highest BCUT2D eigenvalue weighted by molar-refractivity contribution is 5.88. The number of guanidine groups is 1. The van der Waals surface area contributed by atoms with Crippen LogP contribution >= 0.6 is 24.8 Å². The molecule has 33 heavy (non-hydrogen) atoms. The van der Waals surface area contributed by atoms with E-state index in [0.29, 0.717) is 31.8 Å². The van der Waals surface area contributed by atoms with Crippen molar-refractivity contribution in [3.63, 3.8) is 0 Å². The van der Waals surface area contributed by atoms with Gasteiger partial charge in [0.25, 0.3) is 0 Å². The number of nitrogens with one attached hydrogen (secondary N) is 2. The van der Waals surface area contributed by atoms with Crippen molar-refractivity contribution in [3.8, 4) is 0 Å². The molecule has 0 unspecified atom stereocenters. The van der Waals surface area contributed by atoms with Crippen LogP contribution < -0.4 is 22.1 Å². The minimum Gasteiger partial charge on any atom is -0.370 e. The second-order valence-corrected chi connectivity index (χ2v) is 8.81. The second kappa shape index (κ2) is 17.8. The van der Waals surface area contributed by atoms with Crippen LogP contribution in [0.2, 0.25) is 0 Å². The molecule has 0 radical (unpaired) electrons. The summed E-state index contributed by atoms with van der Waals surface area (Å²) in [6.07, 6.45) is 11.8. The van der Waals surface area contributed by atoms with Crippen molar-refractivity contribution in [1.29, 1.82) is 0 Å². The smallest absolute Gasteiger partial charge is 0.240 e. The number of carbonyl (C=O) groups is 3. The predicted octanol–water partition coefficient (Wildman–Crippen LogP) is 1.51. The van der Waals surface area contributed by atoms with Crippen molar-refractivity contribution < 1.29 is 14.4 Å². The Kier molecular flexibility index (Phi) is 17.0. The third-order valence-electron chi connectivity index (χ3n) is 6.26. The van der Waals surface area contributed by atoms with Crippen LogP contribution in [-0.4, -0.2) is 67.2 Å². The number of nitrogens with two attached hydrogens (primary N) is 2. The van der Waals surface area contributed by atoms with E-state index in [9.17, 15) is 14.4 Å². The lowest BCUT2D eigenvalue weighted by Gasteiger charge is -2.31. The number of hydrogen-bond acceptors (Lipinski definition) is 5. The molecule has 1 aliphatic carbocycles. The molecule has 2 aliphatic rings.